The summed E-state index contributed by atoms with van der Waals surface area (Å²) in [5, 5.41) is 16.9. The minimum atomic E-state index is -0.544. The molecule has 3 heterocycles. The van der Waals surface area contributed by atoms with E-state index >= 15 is 0 Å². The van der Waals surface area contributed by atoms with Gasteiger partial charge in [0.15, 0.2) is 0 Å². The highest BCUT2D eigenvalue weighted by Crippen LogP contribution is 2.46. The Morgan fingerprint density at radius 1 is 0.905 bits per heavy atom. The lowest BCUT2D eigenvalue weighted by molar-refractivity contribution is -0.129. The summed E-state index contributed by atoms with van der Waals surface area (Å²) in [6.07, 6.45) is 0.183. The van der Waals surface area contributed by atoms with E-state index in [0.29, 0.717) is 37.2 Å². The van der Waals surface area contributed by atoms with E-state index in [9.17, 15) is 9.90 Å². The first kappa shape index (κ1) is 27.3. The topological polar surface area (TPSA) is 64.8 Å². The van der Waals surface area contributed by atoms with E-state index in [1.807, 2.05) is 33.8 Å². The van der Waals surface area contributed by atoms with Crippen molar-refractivity contribution < 1.29 is 9.90 Å². The summed E-state index contributed by atoms with van der Waals surface area (Å²) >= 11 is 6.15. The number of carbonyl (C=O) groups excluding carboxylic acids is 1. The van der Waals surface area contributed by atoms with Gasteiger partial charge in [-0.05, 0) is 34.4 Å². The Hall–Kier alpha value is -3.49. The lowest BCUT2D eigenvalue weighted by Crippen LogP contribution is -2.49. The second-order valence-corrected chi connectivity index (χ2v) is 12.2. The van der Waals surface area contributed by atoms with Crippen LogP contribution in [0.2, 0.25) is 5.02 Å². The van der Waals surface area contributed by atoms with Gasteiger partial charge in [0.1, 0.15) is 0 Å². The minimum absolute atomic E-state index is 0.0687. The van der Waals surface area contributed by atoms with Gasteiger partial charge in [-0.2, -0.15) is 5.10 Å². The van der Waals surface area contributed by atoms with Gasteiger partial charge in [-0.1, -0.05) is 72.3 Å². The number of benzene rings is 3. The zero-order chi connectivity index (χ0) is 28.8. The van der Waals surface area contributed by atoms with E-state index in [4.69, 9.17) is 16.7 Å². The summed E-state index contributed by atoms with van der Waals surface area (Å²) in [7, 11) is 0. The molecule has 1 atom stereocenters. The van der Waals surface area contributed by atoms with Crippen LogP contribution in [-0.4, -0.2) is 80.9 Å². The van der Waals surface area contributed by atoms with Crippen LogP contribution in [0, 0.1) is 0 Å². The second-order valence-electron chi connectivity index (χ2n) is 11.7. The number of carbonyl (C=O) groups is 1. The fraction of sp³-hybridized carbons (Fsp3) is 0.353. The molecule has 0 bridgehead atoms. The number of aliphatic hydroxyl groups is 1. The van der Waals surface area contributed by atoms with Gasteiger partial charge in [0.25, 0.3) is 0 Å². The smallest absolute Gasteiger partial charge is 0.219 e. The Balaban J connectivity index is 1.04. The number of halogens is 1. The minimum Gasteiger partial charge on any atom is -0.390 e. The Morgan fingerprint density at radius 2 is 1.55 bits per heavy atom. The van der Waals surface area contributed by atoms with E-state index < -0.39 is 6.10 Å². The largest absolute Gasteiger partial charge is 0.390 e. The number of fused-ring (bicyclic) bond motifs is 4. The summed E-state index contributed by atoms with van der Waals surface area (Å²) in [5.41, 5.74) is 9.51. The predicted molar refractivity (Wildman–Crippen MR) is 165 cm³/mol. The maximum Gasteiger partial charge on any atom is 0.219 e. The van der Waals surface area contributed by atoms with E-state index in [2.05, 4.69) is 58.3 Å². The average Bonchev–Trinajstić information content (AvgIpc) is 3.53. The van der Waals surface area contributed by atoms with Gasteiger partial charge < -0.3 is 10.0 Å². The maximum atomic E-state index is 12.2. The molecule has 3 aromatic carbocycles. The monoisotopic (exact) mass is 581 g/mol. The molecule has 7 rings (SSSR count). The Kier molecular flexibility index (Phi) is 7.36. The summed E-state index contributed by atoms with van der Waals surface area (Å²) in [6.45, 7) is 7.60. The van der Waals surface area contributed by atoms with Gasteiger partial charge in [-0.25, -0.2) is 0 Å². The van der Waals surface area contributed by atoms with Crippen LogP contribution < -0.4 is 0 Å². The van der Waals surface area contributed by atoms with Crippen LogP contribution in [0.4, 0.5) is 0 Å². The molecular formula is C34H36ClN5O2. The first-order valence-corrected chi connectivity index (χ1v) is 15.3. The van der Waals surface area contributed by atoms with Crippen molar-refractivity contribution in [3.8, 4) is 22.4 Å². The fourth-order valence-corrected chi connectivity index (χ4v) is 7.16. The number of amides is 1. The van der Waals surface area contributed by atoms with Crippen LogP contribution in [0.25, 0.3) is 22.4 Å². The SMILES string of the molecule is CC(=O)N1CCc2c(c(-c3ccc(Cl)cc3)nn2CC(O)CN2CCN(C3c4ccccc4-c4ccccc43)CC2)C1. The molecule has 1 aromatic heterocycles. The Labute approximate surface area is 251 Å². The van der Waals surface area contributed by atoms with Crippen LogP contribution >= 0.6 is 11.6 Å². The highest BCUT2D eigenvalue weighted by molar-refractivity contribution is 6.30. The van der Waals surface area contributed by atoms with Gasteiger partial charge in [0.05, 0.1) is 24.4 Å². The molecule has 0 saturated carbocycles. The average molecular weight is 582 g/mol. The van der Waals surface area contributed by atoms with Crippen molar-refractivity contribution in [3.63, 3.8) is 0 Å². The zero-order valence-electron chi connectivity index (χ0n) is 23.9. The normalized spacial score (nSPS) is 18.0. The number of aliphatic hydroxyl groups excluding tert-OH is 1. The van der Waals surface area contributed by atoms with Crippen LogP contribution in [0.3, 0.4) is 0 Å². The van der Waals surface area contributed by atoms with Crippen molar-refractivity contribution in [1.82, 2.24) is 24.5 Å². The molecular weight excluding hydrogens is 546 g/mol. The molecule has 7 nitrogen and oxygen atoms in total. The number of β-amino-alcohol motifs (C(OH)–C–C–N with tert-alkyl or cyclic N) is 1. The molecule has 1 fully saturated rings. The van der Waals surface area contributed by atoms with Gasteiger partial charge in [0.2, 0.25) is 5.91 Å². The predicted octanol–water partition coefficient (Wildman–Crippen LogP) is 4.86. The molecule has 216 valence electrons. The molecule has 4 aromatic rings. The Bertz CT molecular complexity index is 1560. The van der Waals surface area contributed by atoms with Crippen molar-refractivity contribution in [1.29, 1.82) is 0 Å². The standard InChI is InChI=1S/C34H36ClN5O2/c1-23(41)39-15-14-32-31(22-39)33(24-10-12-25(35)13-11-24)36-40(32)21-26(42)20-37-16-18-38(19-17-37)34-29-8-4-2-6-27(29)28-7-3-5-9-30(28)34/h2-13,26,34,42H,14-22H2,1H3. The van der Waals surface area contributed by atoms with E-state index in [1.54, 1.807) is 6.92 Å². The van der Waals surface area contributed by atoms with Gasteiger partial charge in [0, 0.05) is 81.0 Å². The van der Waals surface area contributed by atoms with E-state index in [-0.39, 0.29) is 5.91 Å². The number of hydrogen-bond donors (Lipinski definition) is 1. The van der Waals surface area contributed by atoms with Gasteiger partial charge in [-0.3, -0.25) is 19.3 Å². The van der Waals surface area contributed by atoms with Gasteiger partial charge in [-0.15, -0.1) is 0 Å². The molecule has 42 heavy (non-hydrogen) atoms. The summed E-state index contributed by atoms with van der Waals surface area (Å²) in [6, 6.07) is 25.6. The van der Waals surface area contributed by atoms with Crippen molar-refractivity contribution in [2.75, 3.05) is 39.3 Å². The molecule has 1 unspecified atom stereocenters. The number of piperazine rings is 1. The number of nitrogens with zero attached hydrogens (tertiary/aromatic N) is 5. The summed E-state index contributed by atoms with van der Waals surface area (Å²) < 4.78 is 1.98. The molecule has 1 amide bonds. The van der Waals surface area contributed by atoms with Crippen LogP contribution in [-0.2, 0) is 24.3 Å². The number of rotatable bonds is 6. The highest BCUT2D eigenvalue weighted by Gasteiger charge is 2.34. The third-order valence-corrected chi connectivity index (χ3v) is 9.37. The zero-order valence-corrected chi connectivity index (χ0v) is 24.7. The van der Waals surface area contributed by atoms with Gasteiger partial charge >= 0.3 is 0 Å². The van der Waals surface area contributed by atoms with E-state index in [1.165, 1.54) is 22.3 Å². The highest BCUT2D eigenvalue weighted by atomic mass is 35.5. The molecule has 3 aliphatic rings. The molecule has 0 spiro atoms. The molecule has 1 aliphatic carbocycles. The quantitative estimate of drug-likeness (QED) is 0.352. The third-order valence-electron chi connectivity index (χ3n) is 9.12. The Morgan fingerprint density at radius 3 is 2.19 bits per heavy atom. The third kappa shape index (κ3) is 5.05. The summed E-state index contributed by atoms with van der Waals surface area (Å²) in [4.78, 5) is 19.0. The number of aromatic nitrogens is 2. The molecule has 8 heteroatoms. The van der Waals surface area contributed by atoms with Crippen molar-refractivity contribution in [3.05, 3.63) is 100 Å². The molecule has 1 N–H and O–H groups in total. The summed E-state index contributed by atoms with van der Waals surface area (Å²) in [5.74, 6) is 0.0687. The van der Waals surface area contributed by atoms with Crippen LogP contribution in [0.1, 0.15) is 35.3 Å². The van der Waals surface area contributed by atoms with Crippen LogP contribution in [0.15, 0.2) is 72.8 Å². The molecule has 0 radical (unpaired) electrons. The molecule has 2 aliphatic heterocycles. The lowest BCUT2D eigenvalue weighted by atomic mass is 10.0. The first-order chi connectivity index (χ1) is 20.5. The number of hydrogen-bond acceptors (Lipinski definition) is 5. The van der Waals surface area contributed by atoms with Crippen molar-refractivity contribution in [2.24, 2.45) is 0 Å². The lowest BCUT2D eigenvalue weighted by Gasteiger charge is -2.39. The van der Waals surface area contributed by atoms with Crippen LogP contribution in [0.5, 0.6) is 0 Å². The first-order valence-electron chi connectivity index (χ1n) is 14.9. The fourth-order valence-electron chi connectivity index (χ4n) is 7.03. The second kappa shape index (κ2) is 11.3. The van der Waals surface area contributed by atoms with Crippen molar-refractivity contribution in [2.45, 2.75) is 38.6 Å². The molecule has 1 saturated heterocycles. The van der Waals surface area contributed by atoms with E-state index in [0.717, 1.165) is 55.1 Å². The maximum absolute atomic E-state index is 12.2. The van der Waals surface area contributed by atoms with Crippen molar-refractivity contribution >= 4 is 17.5 Å².